The molecule has 2 aromatic carbocycles. The van der Waals surface area contributed by atoms with Crippen molar-refractivity contribution in [1.29, 1.82) is 0 Å². The second kappa shape index (κ2) is 9.64. The van der Waals surface area contributed by atoms with Crippen molar-refractivity contribution in [3.05, 3.63) is 71.1 Å². The van der Waals surface area contributed by atoms with Crippen LogP contribution in [0.25, 0.3) is 11.3 Å². The number of ether oxygens (including phenoxy) is 1. The number of carbonyl (C=O) groups excluding carboxylic acids is 1. The Hall–Kier alpha value is -2.68. The molecule has 0 saturated heterocycles. The van der Waals surface area contributed by atoms with Crippen molar-refractivity contribution in [2.45, 2.75) is 11.8 Å². The molecule has 1 amide bonds. The van der Waals surface area contributed by atoms with Crippen LogP contribution in [0.15, 0.2) is 65.4 Å². The van der Waals surface area contributed by atoms with Gasteiger partial charge in [0.1, 0.15) is 5.75 Å². The summed E-state index contributed by atoms with van der Waals surface area (Å²) in [5.74, 6) is 0.324. The highest BCUT2D eigenvalue weighted by molar-refractivity contribution is 7.90. The number of hydrogen-bond acceptors (Lipinski definition) is 6. The third kappa shape index (κ3) is 5.72. The third-order valence-corrected chi connectivity index (χ3v) is 6.63. The van der Waals surface area contributed by atoms with Gasteiger partial charge in [0.25, 0.3) is 5.91 Å². The molecule has 0 radical (unpaired) electrons. The Morgan fingerprint density at radius 2 is 1.97 bits per heavy atom. The molecule has 0 unspecified atom stereocenters. The van der Waals surface area contributed by atoms with Gasteiger partial charge in [-0.3, -0.25) is 9.69 Å². The van der Waals surface area contributed by atoms with Gasteiger partial charge < -0.3 is 4.74 Å². The maximum atomic E-state index is 12.8. The van der Waals surface area contributed by atoms with Gasteiger partial charge in [-0.05, 0) is 42.8 Å². The van der Waals surface area contributed by atoms with Gasteiger partial charge in [0, 0.05) is 28.8 Å². The standard InChI is InChI=1S/C22H21ClN2O4S2/c1-4-11-25(21(26)13-29-20-10-7-17(23)12-15(20)2)22-24-19(14-30-22)16-5-8-18(9-6-16)31(3,27)28/h4-10,12,14H,1,11,13H2,2-3H3. The van der Waals surface area contributed by atoms with E-state index < -0.39 is 9.84 Å². The first-order chi connectivity index (χ1) is 14.7. The van der Waals surface area contributed by atoms with Crippen molar-refractivity contribution in [2.24, 2.45) is 0 Å². The molecule has 6 nitrogen and oxygen atoms in total. The number of hydrogen-bond donors (Lipinski definition) is 0. The first-order valence-corrected chi connectivity index (χ1v) is 12.4. The van der Waals surface area contributed by atoms with Crippen molar-refractivity contribution >= 4 is 43.8 Å². The van der Waals surface area contributed by atoms with Crippen LogP contribution in [0.5, 0.6) is 5.75 Å². The van der Waals surface area contributed by atoms with Crippen LogP contribution in [0.2, 0.25) is 5.02 Å². The summed E-state index contributed by atoms with van der Waals surface area (Å²) in [7, 11) is -3.27. The van der Waals surface area contributed by atoms with E-state index in [-0.39, 0.29) is 24.0 Å². The Morgan fingerprint density at radius 3 is 2.58 bits per heavy atom. The number of aromatic nitrogens is 1. The molecule has 0 atom stereocenters. The van der Waals surface area contributed by atoms with E-state index in [1.54, 1.807) is 48.5 Å². The van der Waals surface area contributed by atoms with E-state index in [2.05, 4.69) is 11.6 Å². The Morgan fingerprint density at radius 1 is 1.26 bits per heavy atom. The molecule has 0 aliphatic carbocycles. The van der Waals surface area contributed by atoms with Crippen LogP contribution in [0.4, 0.5) is 5.13 Å². The summed E-state index contributed by atoms with van der Waals surface area (Å²) >= 11 is 7.27. The molecular weight excluding hydrogens is 456 g/mol. The summed E-state index contributed by atoms with van der Waals surface area (Å²) in [4.78, 5) is 19.1. The molecule has 31 heavy (non-hydrogen) atoms. The largest absolute Gasteiger partial charge is 0.483 e. The number of carbonyl (C=O) groups is 1. The highest BCUT2D eigenvalue weighted by Gasteiger charge is 2.19. The molecule has 162 valence electrons. The summed E-state index contributed by atoms with van der Waals surface area (Å²) in [6, 6.07) is 11.7. The lowest BCUT2D eigenvalue weighted by Gasteiger charge is -2.18. The van der Waals surface area contributed by atoms with E-state index in [0.717, 1.165) is 17.4 Å². The normalized spacial score (nSPS) is 11.2. The summed E-state index contributed by atoms with van der Waals surface area (Å²) in [6.07, 6.45) is 2.78. The minimum Gasteiger partial charge on any atom is -0.483 e. The van der Waals surface area contributed by atoms with Gasteiger partial charge in [0.05, 0.1) is 10.6 Å². The molecule has 0 aliphatic heterocycles. The number of halogens is 1. The number of thiazole rings is 1. The fourth-order valence-corrected chi connectivity index (χ4v) is 4.52. The average molecular weight is 477 g/mol. The zero-order valence-corrected chi connectivity index (χ0v) is 19.4. The van der Waals surface area contributed by atoms with Crippen LogP contribution >= 0.6 is 22.9 Å². The van der Waals surface area contributed by atoms with Crippen LogP contribution < -0.4 is 9.64 Å². The van der Waals surface area contributed by atoms with Gasteiger partial charge in [0.15, 0.2) is 21.6 Å². The van der Waals surface area contributed by atoms with Crippen LogP contribution in [-0.4, -0.2) is 38.7 Å². The van der Waals surface area contributed by atoms with Crippen LogP contribution in [0, 0.1) is 6.92 Å². The average Bonchev–Trinajstić information content (AvgIpc) is 3.20. The second-order valence-electron chi connectivity index (χ2n) is 6.80. The SMILES string of the molecule is C=CCN(C(=O)COc1ccc(Cl)cc1C)c1nc(-c2ccc(S(C)(=O)=O)cc2)cs1. The van der Waals surface area contributed by atoms with E-state index in [4.69, 9.17) is 16.3 Å². The Kier molecular flexibility index (Phi) is 7.15. The van der Waals surface area contributed by atoms with Gasteiger partial charge in [-0.2, -0.15) is 0 Å². The first-order valence-electron chi connectivity index (χ1n) is 9.25. The smallest absolute Gasteiger partial charge is 0.266 e. The molecule has 0 bridgehead atoms. The molecule has 9 heteroatoms. The lowest BCUT2D eigenvalue weighted by Crippen LogP contribution is -2.35. The monoisotopic (exact) mass is 476 g/mol. The Bertz CT molecular complexity index is 1200. The number of benzene rings is 2. The molecule has 0 spiro atoms. The number of amides is 1. The van der Waals surface area contributed by atoms with E-state index >= 15 is 0 Å². The lowest BCUT2D eigenvalue weighted by atomic mass is 10.2. The molecule has 3 rings (SSSR count). The van der Waals surface area contributed by atoms with Crippen molar-refractivity contribution in [3.8, 4) is 17.0 Å². The number of anilines is 1. The molecule has 1 heterocycles. The van der Waals surface area contributed by atoms with Crippen molar-refractivity contribution in [1.82, 2.24) is 4.98 Å². The van der Waals surface area contributed by atoms with Gasteiger partial charge in [-0.25, -0.2) is 13.4 Å². The van der Waals surface area contributed by atoms with E-state index in [1.165, 1.54) is 16.2 Å². The summed E-state index contributed by atoms with van der Waals surface area (Å²) in [5, 5.41) is 2.92. The van der Waals surface area contributed by atoms with Gasteiger partial charge in [-0.15, -0.1) is 17.9 Å². The van der Waals surface area contributed by atoms with Crippen LogP contribution in [-0.2, 0) is 14.6 Å². The fourth-order valence-electron chi connectivity index (χ4n) is 2.80. The quantitative estimate of drug-likeness (QED) is 0.437. The fraction of sp³-hybridized carbons (Fsp3) is 0.182. The molecule has 0 N–H and O–H groups in total. The second-order valence-corrected chi connectivity index (χ2v) is 10.1. The predicted octanol–water partition coefficient (Wildman–Crippen LogP) is 4.77. The number of aryl methyl sites for hydroxylation is 1. The van der Waals surface area contributed by atoms with Gasteiger partial charge in [0.2, 0.25) is 0 Å². The molecule has 0 aliphatic rings. The zero-order chi connectivity index (χ0) is 22.6. The molecular formula is C22H21ClN2O4S2. The highest BCUT2D eigenvalue weighted by Crippen LogP contribution is 2.29. The van der Waals surface area contributed by atoms with Crippen LogP contribution in [0.1, 0.15) is 5.56 Å². The zero-order valence-electron chi connectivity index (χ0n) is 17.0. The van der Waals surface area contributed by atoms with Gasteiger partial charge in [-0.1, -0.05) is 29.8 Å². The molecule has 3 aromatic rings. The van der Waals surface area contributed by atoms with Crippen molar-refractivity contribution in [3.63, 3.8) is 0 Å². The Labute approximate surface area is 190 Å². The minimum atomic E-state index is -3.27. The van der Waals surface area contributed by atoms with E-state index in [9.17, 15) is 13.2 Å². The summed E-state index contributed by atoms with van der Waals surface area (Å²) < 4.78 is 28.9. The number of rotatable bonds is 8. The predicted molar refractivity (Wildman–Crippen MR) is 125 cm³/mol. The van der Waals surface area contributed by atoms with Crippen LogP contribution in [0.3, 0.4) is 0 Å². The third-order valence-electron chi connectivity index (χ3n) is 4.40. The van der Waals surface area contributed by atoms with Crippen molar-refractivity contribution < 1.29 is 17.9 Å². The maximum absolute atomic E-state index is 12.8. The highest BCUT2D eigenvalue weighted by atomic mass is 35.5. The summed E-state index contributed by atoms with van der Waals surface area (Å²) in [6.45, 7) is 5.70. The molecule has 0 saturated carbocycles. The molecule has 0 fully saturated rings. The van der Waals surface area contributed by atoms with Crippen molar-refractivity contribution in [2.75, 3.05) is 24.3 Å². The first kappa shape index (κ1) is 23.0. The topological polar surface area (TPSA) is 76.6 Å². The minimum absolute atomic E-state index is 0.158. The maximum Gasteiger partial charge on any atom is 0.266 e. The number of sulfone groups is 1. The van der Waals surface area contributed by atoms with E-state index in [0.29, 0.717) is 21.6 Å². The molecule has 1 aromatic heterocycles. The lowest BCUT2D eigenvalue weighted by molar-refractivity contribution is -0.120. The summed E-state index contributed by atoms with van der Waals surface area (Å²) in [5.41, 5.74) is 2.25. The van der Waals surface area contributed by atoms with Gasteiger partial charge >= 0.3 is 0 Å². The Balaban J connectivity index is 1.76. The van der Waals surface area contributed by atoms with E-state index in [1.807, 2.05) is 12.3 Å². The number of nitrogens with zero attached hydrogens (tertiary/aromatic N) is 2.